The summed E-state index contributed by atoms with van der Waals surface area (Å²) in [7, 11) is 1.75. The maximum atomic E-state index is 12.2. The minimum absolute atomic E-state index is 0.156. The normalized spacial score (nSPS) is 10.6. The number of thiophene rings is 1. The van der Waals surface area contributed by atoms with Gasteiger partial charge in [0, 0.05) is 11.9 Å². The summed E-state index contributed by atoms with van der Waals surface area (Å²) >= 11 is 1.62. The average molecular weight is 264 g/mol. The molecule has 2 rings (SSSR count). The van der Waals surface area contributed by atoms with Crippen molar-refractivity contribution in [1.82, 2.24) is 15.1 Å². The molecule has 0 aliphatic rings. The molecule has 0 aliphatic heterocycles. The minimum atomic E-state index is -0.156. The van der Waals surface area contributed by atoms with Gasteiger partial charge in [-0.25, -0.2) is 0 Å². The second kappa shape index (κ2) is 5.22. The van der Waals surface area contributed by atoms with Crippen molar-refractivity contribution in [2.24, 2.45) is 0 Å². The van der Waals surface area contributed by atoms with E-state index in [-0.39, 0.29) is 5.91 Å². The molecule has 0 atom stereocenters. The first kappa shape index (κ1) is 12.6. The lowest BCUT2D eigenvalue weighted by Crippen LogP contribution is -2.26. The second-order valence-electron chi connectivity index (χ2n) is 4.06. The Kier molecular flexibility index (Phi) is 3.66. The predicted octanol–water partition coefficient (Wildman–Crippen LogP) is 1.89. The molecule has 2 aromatic heterocycles. The third-order valence-corrected chi connectivity index (χ3v) is 3.62. The lowest BCUT2D eigenvalue weighted by molar-refractivity contribution is 0.0781. The van der Waals surface area contributed by atoms with Gasteiger partial charge in [-0.15, -0.1) is 11.3 Å². The van der Waals surface area contributed by atoms with E-state index in [4.69, 9.17) is 5.73 Å². The Bertz CT molecular complexity index is 532. The van der Waals surface area contributed by atoms with Gasteiger partial charge >= 0.3 is 0 Å². The highest BCUT2D eigenvalue weighted by Crippen LogP contribution is 2.18. The van der Waals surface area contributed by atoms with Crippen LogP contribution < -0.4 is 5.73 Å². The first-order chi connectivity index (χ1) is 8.63. The van der Waals surface area contributed by atoms with Crippen LogP contribution in [-0.4, -0.2) is 28.1 Å². The zero-order chi connectivity index (χ0) is 13.1. The maximum Gasteiger partial charge on any atom is 0.276 e. The molecule has 0 saturated heterocycles. The molecular weight excluding hydrogens is 248 g/mol. The molecule has 0 aromatic carbocycles. The SMILES string of the molecule is CCc1[nH]nc(C(=O)N(C)Cc2cccs2)c1N. The van der Waals surface area contributed by atoms with Crippen LogP contribution in [0.3, 0.4) is 0 Å². The molecule has 0 saturated carbocycles. The van der Waals surface area contributed by atoms with Crippen LogP contribution in [-0.2, 0) is 13.0 Å². The third kappa shape index (κ3) is 2.38. The van der Waals surface area contributed by atoms with Gasteiger partial charge in [0.05, 0.1) is 17.9 Å². The summed E-state index contributed by atoms with van der Waals surface area (Å²) < 4.78 is 0. The molecule has 0 radical (unpaired) electrons. The summed E-state index contributed by atoms with van der Waals surface area (Å²) in [5.74, 6) is -0.156. The number of anilines is 1. The van der Waals surface area contributed by atoms with E-state index in [1.807, 2.05) is 24.4 Å². The molecular formula is C12H16N4OS. The number of carbonyl (C=O) groups excluding carboxylic acids is 1. The van der Waals surface area contributed by atoms with Crippen LogP contribution in [0, 0.1) is 0 Å². The largest absolute Gasteiger partial charge is 0.395 e. The lowest BCUT2D eigenvalue weighted by Gasteiger charge is -2.15. The van der Waals surface area contributed by atoms with Gasteiger partial charge in [0.1, 0.15) is 0 Å². The molecule has 0 unspecified atom stereocenters. The van der Waals surface area contributed by atoms with Crippen LogP contribution >= 0.6 is 11.3 Å². The van der Waals surface area contributed by atoms with Crippen LogP contribution in [0.15, 0.2) is 17.5 Å². The van der Waals surface area contributed by atoms with Crippen LogP contribution in [0.25, 0.3) is 0 Å². The number of nitrogens with one attached hydrogen (secondary N) is 1. The highest BCUT2D eigenvalue weighted by molar-refractivity contribution is 7.09. The highest BCUT2D eigenvalue weighted by atomic mass is 32.1. The molecule has 18 heavy (non-hydrogen) atoms. The highest BCUT2D eigenvalue weighted by Gasteiger charge is 2.20. The summed E-state index contributed by atoms with van der Waals surface area (Å²) in [5.41, 5.74) is 7.47. The van der Waals surface area contributed by atoms with Gasteiger partial charge in [-0.2, -0.15) is 5.10 Å². The predicted molar refractivity (Wildman–Crippen MR) is 72.5 cm³/mol. The van der Waals surface area contributed by atoms with Crippen molar-refractivity contribution >= 4 is 22.9 Å². The molecule has 1 amide bonds. The Balaban J connectivity index is 2.13. The van der Waals surface area contributed by atoms with Gasteiger partial charge in [0.15, 0.2) is 5.69 Å². The summed E-state index contributed by atoms with van der Waals surface area (Å²) in [6.07, 6.45) is 0.737. The van der Waals surface area contributed by atoms with Crippen molar-refractivity contribution in [3.63, 3.8) is 0 Å². The van der Waals surface area contributed by atoms with Crippen molar-refractivity contribution < 1.29 is 4.79 Å². The van der Waals surface area contributed by atoms with Crippen LogP contribution in [0.5, 0.6) is 0 Å². The fourth-order valence-electron chi connectivity index (χ4n) is 1.71. The Morgan fingerprint density at radius 2 is 2.39 bits per heavy atom. The third-order valence-electron chi connectivity index (χ3n) is 2.76. The van der Waals surface area contributed by atoms with Gasteiger partial charge < -0.3 is 10.6 Å². The van der Waals surface area contributed by atoms with Crippen molar-refractivity contribution in [3.8, 4) is 0 Å². The van der Waals surface area contributed by atoms with E-state index in [1.165, 1.54) is 0 Å². The smallest absolute Gasteiger partial charge is 0.276 e. The Morgan fingerprint density at radius 3 is 2.94 bits per heavy atom. The molecule has 0 spiro atoms. The number of nitrogens with two attached hydrogens (primary N) is 1. The number of aryl methyl sites for hydroxylation is 1. The summed E-state index contributed by atoms with van der Waals surface area (Å²) in [6, 6.07) is 3.97. The average Bonchev–Trinajstić information content (AvgIpc) is 2.97. The van der Waals surface area contributed by atoms with Gasteiger partial charge in [0.2, 0.25) is 0 Å². The summed E-state index contributed by atoms with van der Waals surface area (Å²) in [6.45, 7) is 2.54. The molecule has 0 bridgehead atoms. The topological polar surface area (TPSA) is 75.0 Å². The van der Waals surface area contributed by atoms with E-state index in [1.54, 1.807) is 23.3 Å². The number of aromatic nitrogens is 2. The van der Waals surface area contributed by atoms with Crippen molar-refractivity contribution in [3.05, 3.63) is 33.8 Å². The number of hydrogen-bond donors (Lipinski definition) is 2. The second-order valence-corrected chi connectivity index (χ2v) is 5.09. The van der Waals surface area contributed by atoms with E-state index in [9.17, 15) is 4.79 Å². The van der Waals surface area contributed by atoms with E-state index in [0.29, 0.717) is 17.9 Å². The molecule has 6 heteroatoms. The molecule has 0 fully saturated rings. The number of rotatable bonds is 4. The Labute approximate surface area is 110 Å². The first-order valence-corrected chi connectivity index (χ1v) is 6.62. The fourth-order valence-corrected chi connectivity index (χ4v) is 2.47. The van der Waals surface area contributed by atoms with Gasteiger partial charge in [-0.05, 0) is 17.9 Å². The van der Waals surface area contributed by atoms with E-state index < -0.39 is 0 Å². The minimum Gasteiger partial charge on any atom is -0.395 e. The van der Waals surface area contributed by atoms with Gasteiger partial charge in [-0.1, -0.05) is 13.0 Å². The molecule has 96 valence electrons. The maximum absolute atomic E-state index is 12.2. The number of carbonyl (C=O) groups is 1. The van der Waals surface area contributed by atoms with Crippen molar-refractivity contribution in [2.75, 3.05) is 12.8 Å². The molecule has 3 N–H and O–H groups in total. The Morgan fingerprint density at radius 1 is 1.61 bits per heavy atom. The molecule has 2 heterocycles. The number of nitrogen functional groups attached to an aromatic ring is 1. The zero-order valence-corrected chi connectivity index (χ0v) is 11.3. The number of amides is 1. The number of nitrogens with zero attached hydrogens (tertiary/aromatic N) is 2. The van der Waals surface area contributed by atoms with Crippen LogP contribution in [0.1, 0.15) is 28.0 Å². The molecule has 2 aromatic rings. The zero-order valence-electron chi connectivity index (χ0n) is 10.4. The van der Waals surface area contributed by atoms with Crippen LogP contribution in [0.4, 0.5) is 5.69 Å². The summed E-state index contributed by atoms with van der Waals surface area (Å²) in [5, 5.41) is 8.79. The molecule has 0 aliphatic carbocycles. The quantitative estimate of drug-likeness (QED) is 0.885. The van der Waals surface area contributed by atoms with E-state index in [2.05, 4.69) is 10.2 Å². The first-order valence-electron chi connectivity index (χ1n) is 5.74. The molecule has 5 nitrogen and oxygen atoms in total. The van der Waals surface area contributed by atoms with E-state index >= 15 is 0 Å². The fraction of sp³-hybridized carbons (Fsp3) is 0.333. The van der Waals surface area contributed by atoms with Gasteiger partial charge in [-0.3, -0.25) is 9.89 Å². The van der Waals surface area contributed by atoms with Crippen molar-refractivity contribution in [2.45, 2.75) is 19.9 Å². The van der Waals surface area contributed by atoms with Crippen molar-refractivity contribution in [1.29, 1.82) is 0 Å². The Hall–Kier alpha value is -1.82. The monoisotopic (exact) mass is 264 g/mol. The summed E-state index contributed by atoms with van der Waals surface area (Å²) in [4.78, 5) is 14.9. The van der Waals surface area contributed by atoms with Gasteiger partial charge in [0.25, 0.3) is 5.91 Å². The lowest BCUT2D eigenvalue weighted by atomic mass is 10.2. The number of H-pyrrole nitrogens is 1. The number of hydrogen-bond acceptors (Lipinski definition) is 4. The van der Waals surface area contributed by atoms with E-state index in [0.717, 1.165) is 17.0 Å². The standard InChI is InChI=1S/C12H16N4OS/c1-3-9-10(13)11(15-14-9)12(17)16(2)7-8-5-4-6-18-8/h4-6H,3,7,13H2,1-2H3,(H,14,15). The number of aromatic amines is 1. The van der Waals surface area contributed by atoms with Crippen LogP contribution in [0.2, 0.25) is 0 Å².